The average molecular weight is 2620 g/mol. The van der Waals surface area contributed by atoms with Crippen molar-refractivity contribution < 1.29 is 84.8 Å². The molecule has 20 aromatic rings. The Hall–Kier alpha value is -13.5. The van der Waals surface area contributed by atoms with Crippen LogP contribution in [0.25, 0.3) is 136 Å². The van der Waals surface area contributed by atoms with Gasteiger partial charge in [0.15, 0.2) is 0 Å². The van der Waals surface area contributed by atoms with Crippen molar-refractivity contribution in [3.63, 3.8) is 0 Å². The van der Waals surface area contributed by atoms with Crippen molar-refractivity contribution in [2.75, 3.05) is 0 Å². The number of benzene rings is 4. The molecule has 24 heterocycles. The van der Waals surface area contributed by atoms with Crippen molar-refractivity contribution >= 4 is 13.4 Å². The SMILES string of the molecule is CC(C)(C)c1cnc2n1CCc1c-2[c-]ncc1-c1ccccc1.CC(C)c1cnc2n1CCc1c-2[c-]cnc1-c1ccccc1.C[Si](C)(C)c1cnc2n1CCc1c-2[c-]ncc1-c1ccccc1.Fc1cnc2n1CCc1c-2[c-]ncc1-c1ccccc1.[Ir].[Ir].[Ir].[Ir].[c-]1cncc2c1-c1nccn1CC2.[c-]1nccc2c1-c1nccn1CC2.[c-]1nccc2c1-c1nccn1CC2.[c-]1nccc2c1-c1nccn1CC2. The fourth-order valence-electron chi connectivity index (χ4n) is 19.7. The molecule has 0 amide bonds. The number of rotatable bonds is 6. The normalized spacial score (nSPS) is 13.0. The van der Waals surface area contributed by atoms with E-state index >= 15 is 0 Å². The maximum atomic E-state index is 13.6. The Bertz CT molecular complexity index is 7330. The molecule has 0 spiro atoms. The van der Waals surface area contributed by atoms with Gasteiger partial charge in [0, 0.05) is 240 Å². The summed E-state index contributed by atoms with van der Waals surface area (Å²) >= 11 is 0. The second-order valence-corrected chi connectivity index (χ2v) is 42.7. The Kier molecular flexibility index (Phi) is 32.0. The van der Waals surface area contributed by atoms with E-state index in [1.165, 1.54) is 84.1 Å². The van der Waals surface area contributed by atoms with Crippen molar-refractivity contribution in [1.29, 1.82) is 0 Å². The summed E-state index contributed by atoms with van der Waals surface area (Å²) in [6.45, 7) is 25.8. The number of hydrogen-bond acceptors (Lipinski definition) is 16. The van der Waals surface area contributed by atoms with Gasteiger partial charge in [-0.05, 0) is 141 Å². The second-order valence-electron chi connectivity index (χ2n) is 37.7. The van der Waals surface area contributed by atoms with E-state index in [0.717, 1.165) is 210 Å². The zero-order valence-corrected chi connectivity index (χ0v) is 91.3. The Labute approximate surface area is 892 Å². The van der Waals surface area contributed by atoms with Gasteiger partial charge in [-0.3, -0.25) is 39.9 Å². The van der Waals surface area contributed by atoms with Crippen LogP contribution in [-0.4, -0.2) is 124 Å². The zero-order valence-electron chi connectivity index (χ0n) is 80.7. The van der Waals surface area contributed by atoms with Gasteiger partial charge in [-0.2, -0.15) is 16.5 Å². The van der Waals surface area contributed by atoms with Gasteiger partial charge >= 0.3 is 0 Å². The molecule has 4 radical (unpaired) electrons. The van der Waals surface area contributed by atoms with Gasteiger partial charge in [0.2, 0.25) is 5.95 Å². The summed E-state index contributed by atoms with van der Waals surface area (Å²) in [5.41, 5.74) is 30.4. The van der Waals surface area contributed by atoms with E-state index in [2.05, 4.69) is 296 Å². The molecular weight excluding hydrogens is 2520 g/mol. The van der Waals surface area contributed by atoms with Crippen LogP contribution in [0, 0.1) is 55.3 Å². The number of hydrogen-bond donors (Lipinski definition) is 0. The van der Waals surface area contributed by atoms with Crippen molar-refractivity contribution in [3.05, 3.63) is 381 Å². The first-order chi connectivity index (χ1) is 68.5. The van der Waals surface area contributed by atoms with Crippen LogP contribution >= 0.6 is 0 Å². The third-order valence-electron chi connectivity index (χ3n) is 26.7. The summed E-state index contributed by atoms with van der Waals surface area (Å²) in [4.78, 5) is 69.0. The number of pyridine rings is 8. The number of nitrogens with zero attached hydrogens (tertiary/aromatic N) is 24. The summed E-state index contributed by atoms with van der Waals surface area (Å²) in [6, 6.07) is 54.0. The molecule has 30 heteroatoms. The molecule has 732 valence electrons. The summed E-state index contributed by atoms with van der Waals surface area (Å²) in [5, 5.41) is 1.41. The van der Waals surface area contributed by atoms with Crippen LogP contribution < -0.4 is 5.32 Å². The van der Waals surface area contributed by atoms with E-state index in [1.807, 2.05) is 141 Å². The standard InChI is InChI=1S/C20H20N3.C19H20N3Si.C19H18N3.C16H11FN3.4C10H8N3.4Ir/c1-20(2,3)18-13-22-19-17-12-21-11-16(14-7-5-4-6-8-14)15(17)9-10-23(18)19;1-23(2,3)18-13-21-19-17-12-20-11-16(14-7-5-4-6-8-14)15(17)9-10-22(18)19;1-13(2)17-12-21-19-16-8-10-20-18(14-6-4-3-5-7-14)15(16)9-11-22(17)19;17-15-10-19-16-14-9-18-8-13(11-4-2-1-3-5-11)12(14)6-7-20(15)16;1-3-11-7-8-2-5-13-6-4-12-10(13)9(1)8;3*1-3-11-7-9-8(1)2-5-13-6-4-12-10(9)13;;;;/h2*4-8,11,13H,9-10H2,1-3H3;3-7,10,12-13H,9,11H2,1-2H3;1-5,8,10H,6-7H2;3-4,6-7H,2,5H2;3*1,3-4,6H,2,5H2;;;;/q8*-1;;;;. The minimum Gasteiger partial charge on any atom is -0.385 e. The third-order valence-corrected chi connectivity index (χ3v) is 28.6. The van der Waals surface area contributed by atoms with Crippen LogP contribution in [0.2, 0.25) is 19.6 Å². The second kappa shape index (κ2) is 45.2. The molecule has 0 saturated carbocycles. The van der Waals surface area contributed by atoms with Gasteiger partial charge in [-0.1, -0.05) is 257 Å². The Morgan fingerprint density at radius 2 is 0.681 bits per heavy atom. The molecule has 0 bridgehead atoms. The van der Waals surface area contributed by atoms with Crippen LogP contribution in [-0.2, 0) is 190 Å². The Morgan fingerprint density at radius 3 is 1.13 bits per heavy atom. The molecule has 8 aliphatic rings. The quantitative estimate of drug-likeness (QED) is 0.111. The summed E-state index contributed by atoms with van der Waals surface area (Å²) in [7, 11) is -1.39. The van der Waals surface area contributed by atoms with Crippen LogP contribution in [0.4, 0.5) is 4.39 Å². The summed E-state index contributed by atoms with van der Waals surface area (Å²) in [5.74, 6) is 7.87. The molecule has 4 aromatic carbocycles. The van der Waals surface area contributed by atoms with E-state index < -0.39 is 8.07 Å². The molecule has 0 fully saturated rings. The molecule has 28 rings (SSSR count). The van der Waals surface area contributed by atoms with Gasteiger partial charge in [0.1, 0.15) is 0 Å². The van der Waals surface area contributed by atoms with E-state index in [9.17, 15) is 4.39 Å². The zero-order chi connectivity index (χ0) is 95.4. The number of aryl methyl sites for hydroxylation is 8. The molecule has 0 N–H and O–H groups in total. The van der Waals surface area contributed by atoms with Crippen LogP contribution in [0.3, 0.4) is 0 Å². The summed E-state index contributed by atoms with van der Waals surface area (Å²) < 4.78 is 30.8. The van der Waals surface area contributed by atoms with Crippen molar-refractivity contribution in [2.45, 2.75) is 169 Å². The van der Waals surface area contributed by atoms with Gasteiger partial charge in [-0.15, -0.1) is 73.8 Å². The number of fused-ring (bicyclic) bond motifs is 24. The molecule has 0 saturated heterocycles. The third kappa shape index (κ3) is 21.1. The Balaban J connectivity index is 0.000000114. The van der Waals surface area contributed by atoms with Gasteiger partial charge in [-0.25, -0.2) is 0 Å². The van der Waals surface area contributed by atoms with Crippen LogP contribution in [0.15, 0.2) is 270 Å². The van der Waals surface area contributed by atoms with Gasteiger partial charge in [0.25, 0.3) is 0 Å². The molecule has 144 heavy (non-hydrogen) atoms. The maximum absolute atomic E-state index is 13.6. The van der Waals surface area contributed by atoms with Crippen molar-refractivity contribution in [2.24, 2.45) is 0 Å². The maximum Gasteiger partial charge on any atom is 0.204 e. The number of halogens is 1. The van der Waals surface area contributed by atoms with Crippen LogP contribution in [0.5, 0.6) is 0 Å². The van der Waals surface area contributed by atoms with E-state index in [0.29, 0.717) is 18.3 Å². The van der Waals surface area contributed by atoms with E-state index in [-0.39, 0.29) is 91.8 Å². The topological polar surface area (TPSA) is 246 Å². The average Bonchev–Trinajstić information content (AvgIpc) is 1.58. The minimum atomic E-state index is -1.39. The van der Waals surface area contributed by atoms with Crippen LogP contribution in [0.1, 0.15) is 96.4 Å². The fourth-order valence-corrected chi connectivity index (χ4v) is 21.2. The van der Waals surface area contributed by atoms with E-state index in [1.54, 1.807) is 35.6 Å². The number of imidazole rings is 8. The fraction of sp³-hybridized carbons (Fsp3) is 0.228. The monoisotopic (exact) mass is 2620 g/mol. The first kappa shape index (κ1) is 102. The summed E-state index contributed by atoms with van der Waals surface area (Å²) in [6.07, 6.45) is 65.4. The molecule has 0 unspecified atom stereocenters. The number of aromatic nitrogens is 24. The Morgan fingerprint density at radius 1 is 0.312 bits per heavy atom. The molecule has 0 atom stereocenters. The van der Waals surface area contributed by atoms with Gasteiger partial charge < -0.3 is 76.4 Å². The molecule has 0 aliphatic carbocycles. The molecule has 16 aromatic heterocycles. The molecule has 8 aliphatic heterocycles. The smallest absolute Gasteiger partial charge is 0.204 e. The largest absolute Gasteiger partial charge is 0.385 e. The molecule has 24 nitrogen and oxygen atoms in total. The predicted molar refractivity (Wildman–Crippen MR) is 541 cm³/mol. The van der Waals surface area contributed by atoms with Gasteiger partial charge in [0.05, 0.1) is 49.2 Å². The van der Waals surface area contributed by atoms with Crippen molar-refractivity contribution in [3.8, 4) is 136 Å². The first-order valence-electron chi connectivity index (χ1n) is 47.7. The van der Waals surface area contributed by atoms with Crippen molar-refractivity contribution in [1.82, 2.24) is 116 Å². The minimum absolute atomic E-state index is 0. The van der Waals surface area contributed by atoms with E-state index in [4.69, 9.17) is 9.97 Å². The molecular formula is C114H101FIr4N24Si-8. The first-order valence-corrected chi connectivity index (χ1v) is 51.2. The predicted octanol–water partition coefficient (Wildman–Crippen LogP) is 20.2.